The van der Waals surface area contributed by atoms with E-state index < -0.39 is 6.09 Å². The number of nitrogens with two attached hydrogens (primary N) is 1. The number of nitrogens with zero attached hydrogens (tertiary/aromatic N) is 6. The Kier molecular flexibility index (Phi) is 5.85. The fourth-order valence-electron chi connectivity index (χ4n) is 3.20. The van der Waals surface area contributed by atoms with Gasteiger partial charge in [0.05, 0.1) is 18.1 Å². The number of anilines is 3. The molecule has 1 aliphatic rings. The maximum absolute atomic E-state index is 11.1. The number of benzene rings is 1. The molecule has 0 bridgehead atoms. The quantitative estimate of drug-likeness (QED) is 0.611. The van der Waals surface area contributed by atoms with Gasteiger partial charge in [-0.2, -0.15) is 10.1 Å². The Morgan fingerprint density at radius 2 is 1.90 bits per heavy atom. The minimum Gasteiger partial charge on any atom is -0.437 e. The van der Waals surface area contributed by atoms with Crippen molar-refractivity contribution in [3.63, 3.8) is 0 Å². The van der Waals surface area contributed by atoms with E-state index in [1.165, 1.54) is 0 Å². The van der Waals surface area contributed by atoms with Crippen LogP contribution in [0.2, 0.25) is 0 Å². The normalized spacial score (nSPS) is 14.3. The molecule has 162 valence electrons. The van der Waals surface area contributed by atoms with Crippen LogP contribution in [0.3, 0.4) is 0 Å². The first-order chi connectivity index (χ1) is 15.0. The highest BCUT2D eigenvalue weighted by molar-refractivity contribution is 5.68. The number of hydrogen-bond acceptors (Lipinski definition) is 9. The Morgan fingerprint density at radius 1 is 1.13 bits per heavy atom. The third-order valence-electron chi connectivity index (χ3n) is 4.78. The van der Waals surface area contributed by atoms with E-state index >= 15 is 0 Å². The number of likely N-dealkylation sites (N-methyl/N-ethyl adjacent to an activating group) is 1. The third kappa shape index (κ3) is 5.20. The lowest BCUT2D eigenvalue weighted by molar-refractivity contribution is 0.211. The number of carbonyl (C=O) groups is 1. The number of nitrogens with one attached hydrogen (secondary N) is 1. The molecular formula is C20H24N8O3. The van der Waals surface area contributed by atoms with E-state index in [0.717, 1.165) is 37.6 Å². The van der Waals surface area contributed by atoms with Crippen molar-refractivity contribution in [2.45, 2.75) is 0 Å². The zero-order valence-corrected chi connectivity index (χ0v) is 17.4. The van der Waals surface area contributed by atoms with Gasteiger partial charge in [0.1, 0.15) is 17.2 Å². The van der Waals surface area contributed by atoms with Crippen LogP contribution in [0.1, 0.15) is 0 Å². The maximum Gasteiger partial charge on any atom is 0.409 e. The molecular weight excluding hydrogens is 400 g/mol. The van der Waals surface area contributed by atoms with Gasteiger partial charge in [0.15, 0.2) is 0 Å². The van der Waals surface area contributed by atoms with Gasteiger partial charge in [-0.3, -0.25) is 4.68 Å². The second-order valence-corrected chi connectivity index (χ2v) is 7.20. The van der Waals surface area contributed by atoms with E-state index in [-0.39, 0.29) is 5.75 Å². The Morgan fingerprint density at radius 3 is 2.61 bits per heavy atom. The number of ether oxygens (including phenoxy) is 2. The second-order valence-electron chi connectivity index (χ2n) is 7.20. The van der Waals surface area contributed by atoms with E-state index in [2.05, 4.69) is 37.2 Å². The van der Waals surface area contributed by atoms with E-state index in [9.17, 15) is 4.79 Å². The molecule has 3 aromatic rings. The molecule has 11 nitrogen and oxygen atoms in total. The summed E-state index contributed by atoms with van der Waals surface area (Å²) in [5.41, 5.74) is 6.65. The van der Waals surface area contributed by atoms with Crippen molar-refractivity contribution in [3.8, 4) is 17.4 Å². The van der Waals surface area contributed by atoms with Crippen molar-refractivity contribution >= 4 is 23.4 Å². The van der Waals surface area contributed by atoms with Crippen molar-refractivity contribution in [1.82, 2.24) is 24.6 Å². The van der Waals surface area contributed by atoms with Crippen molar-refractivity contribution in [1.29, 1.82) is 0 Å². The van der Waals surface area contributed by atoms with Crippen molar-refractivity contribution in [2.75, 3.05) is 43.4 Å². The van der Waals surface area contributed by atoms with Gasteiger partial charge >= 0.3 is 6.09 Å². The predicted molar refractivity (Wildman–Crippen MR) is 115 cm³/mol. The average molecular weight is 424 g/mol. The van der Waals surface area contributed by atoms with Crippen LogP contribution in [0, 0.1) is 0 Å². The fraction of sp³-hybridized carbons (Fsp3) is 0.300. The first kappa shape index (κ1) is 20.4. The molecule has 11 heteroatoms. The molecule has 3 heterocycles. The van der Waals surface area contributed by atoms with Crippen LogP contribution in [0.5, 0.6) is 17.4 Å². The SMILES string of the molecule is CN1CCN(c2cnc(Nc3cnn(C)c3)nc2Oc2cccc(OC(N)=O)c2)CC1. The number of hydrogen-bond donors (Lipinski definition) is 2. The summed E-state index contributed by atoms with van der Waals surface area (Å²) in [5.74, 6) is 1.52. The summed E-state index contributed by atoms with van der Waals surface area (Å²) in [6.07, 6.45) is 4.36. The summed E-state index contributed by atoms with van der Waals surface area (Å²) >= 11 is 0. The molecule has 0 spiro atoms. The summed E-state index contributed by atoms with van der Waals surface area (Å²) in [6.45, 7) is 3.51. The van der Waals surface area contributed by atoms with Gasteiger partial charge in [-0.15, -0.1) is 0 Å². The van der Waals surface area contributed by atoms with Crippen molar-refractivity contribution in [2.24, 2.45) is 12.8 Å². The van der Waals surface area contributed by atoms with Gasteiger partial charge < -0.3 is 30.3 Å². The van der Waals surface area contributed by atoms with Crippen LogP contribution >= 0.6 is 0 Å². The molecule has 31 heavy (non-hydrogen) atoms. The largest absolute Gasteiger partial charge is 0.437 e. The summed E-state index contributed by atoms with van der Waals surface area (Å²) in [7, 11) is 3.93. The Hall–Kier alpha value is -3.86. The Balaban J connectivity index is 1.63. The standard InChI is InChI=1S/C20H24N8O3/c1-26-6-8-28(9-7-26)17-12-22-20(24-14-11-23-27(2)13-14)25-18(17)30-15-4-3-5-16(10-15)31-19(21)29/h3-5,10-13H,6-9H2,1-2H3,(H2,21,29)(H,22,24,25). The smallest absolute Gasteiger partial charge is 0.409 e. The summed E-state index contributed by atoms with van der Waals surface area (Å²) < 4.78 is 12.7. The van der Waals surface area contributed by atoms with E-state index in [1.54, 1.807) is 41.3 Å². The van der Waals surface area contributed by atoms with Gasteiger partial charge in [0.2, 0.25) is 11.8 Å². The Labute approximate surface area is 179 Å². The van der Waals surface area contributed by atoms with Crippen LogP contribution in [0.25, 0.3) is 0 Å². The minimum absolute atomic E-state index is 0.286. The van der Waals surface area contributed by atoms with Gasteiger partial charge in [0, 0.05) is 45.5 Å². The zero-order chi connectivity index (χ0) is 21.8. The lowest BCUT2D eigenvalue weighted by Gasteiger charge is -2.34. The van der Waals surface area contributed by atoms with Crippen LogP contribution < -0.4 is 25.4 Å². The molecule has 0 aliphatic carbocycles. The van der Waals surface area contributed by atoms with Gasteiger partial charge in [-0.1, -0.05) is 6.07 Å². The molecule has 0 radical (unpaired) electrons. The number of carbonyl (C=O) groups excluding carboxylic acids is 1. The van der Waals surface area contributed by atoms with Crippen molar-refractivity contribution in [3.05, 3.63) is 42.9 Å². The number of aromatic nitrogens is 4. The number of aryl methyl sites for hydroxylation is 1. The lowest BCUT2D eigenvalue weighted by atomic mass is 10.3. The molecule has 1 aromatic carbocycles. The van der Waals surface area contributed by atoms with Gasteiger partial charge in [-0.05, 0) is 19.2 Å². The van der Waals surface area contributed by atoms with Gasteiger partial charge in [-0.25, -0.2) is 9.78 Å². The number of piperazine rings is 1. The molecule has 1 aliphatic heterocycles. The molecule has 2 aromatic heterocycles. The lowest BCUT2D eigenvalue weighted by Crippen LogP contribution is -2.44. The summed E-state index contributed by atoms with van der Waals surface area (Å²) in [5, 5.41) is 7.26. The molecule has 1 fully saturated rings. The van der Waals surface area contributed by atoms with E-state index in [4.69, 9.17) is 15.2 Å². The second kappa shape index (κ2) is 8.88. The topological polar surface area (TPSA) is 124 Å². The fourth-order valence-corrected chi connectivity index (χ4v) is 3.20. The van der Waals surface area contributed by atoms with E-state index in [0.29, 0.717) is 17.6 Å². The zero-order valence-electron chi connectivity index (χ0n) is 17.4. The van der Waals surface area contributed by atoms with Crippen LogP contribution in [0.15, 0.2) is 42.9 Å². The maximum atomic E-state index is 11.1. The average Bonchev–Trinajstić information content (AvgIpc) is 3.13. The minimum atomic E-state index is -0.889. The van der Waals surface area contributed by atoms with Crippen LogP contribution in [0.4, 0.5) is 22.1 Å². The summed E-state index contributed by atoms with van der Waals surface area (Å²) in [4.78, 5) is 24.6. The molecule has 4 rings (SSSR count). The third-order valence-corrected chi connectivity index (χ3v) is 4.78. The highest BCUT2D eigenvalue weighted by Gasteiger charge is 2.21. The van der Waals surface area contributed by atoms with Gasteiger partial charge in [0.25, 0.3) is 0 Å². The van der Waals surface area contributed by atoms with Crippen LogP contribution in [-0.4, -0.2) is 64.0 Å². The highest BCUT2D eigenvalue weighted by atomic mass is 16.5. The number of primary amides is 1. The van der Waals surface area contributed by atoms with Crippen LogP contribution in [-0.2, 0) is 7.05 Å². The Bertz CT molecular complexity index is 1060. The molecule has 1 saturated heterocycles. The predicted octanol–water partition coefficient (Wildman–Crippen LogP) is 1.96. The molecule has 0 unspecified atom stereocenters. The number of rotatable bonds is 6. The first-order valence-corrected chi connectivity index (χ1v) is 9.78. The monoisotopic (exact) mass is 424 g/mol. The molecule has 0 saturated carbocycles. The van der Waals surface area contributed by atoms with E-state index in [1.807, 2.05) is 13.2 Å². The highest BCUT2D eigenvalue weighted by Crippen LogP contribution is 2.33. The molecule has 1 amide bonds. The molecule has 3 N–H and O–H groups in total. The number of amides is 1. The first-order valence-electron chi connectivity index (χ1n) is 9.78. The van der Waals surface area contributed by atoms with Crippen molar-refractivity contribution < 1.29 is 14.3 Å². The molecule has 0 atom stereocenters. The summed E-state index contributed by atoms with van der Waals surface area (Å²) in [6, 6.07) is 6.65.